The summed E-state index contributed by atoms with van der Waals surface area (Å²) in [7, 11) is 0. The fourth-order valence-electron chi connectivity index (χ4n) is 2.08. The molecule has 1 amide bonds. The Labute approximate surface area is 101 Å². The molecule has 1 aliphatic carbocycles. The second-order valence-electron chi connectivity index (χ2n) is 4.76. The van der Waals surface area contributed by atoms with Gasteiger partial charge in [0.15, 0.2) is 5.69 Å². The molecule has 5 heteroatoms. The van der Waals surface area contributed by atoms with E-state index in [9.17, 15) is 4.79 Å². The number of hydrogen-bond donors (Lipinski definition) is 2. The molecule has 0 bridgehead atoms. The van der Waals surface area contributed by atoms with Crippen molar-refractivity contribution in [3.8, 4) is 0 Å². The number of aromatic amines is 1. The summed E-state index contributed by atoms with van der Waals surface area (Å²) in [6, 6.07) is 1.71. The average Bonchev–Trinajstić information content (AvgIpc) is 2.73. The Bertz CT molecular complexity index is 435. The van der Waals surface area contributed by atoms with Gasteiger partial charge in [-0.15, -0.1) is 0 Å². The van der Waals surface area contributed by atoms with Crippen molar-refractivity contribution in [3.05, 3.63) is 17.5 Å². The Morgan fingerprint density at radius 3 is 3.12 bits per heavy atom. The summed E-state index contributed by atoms with van der Waals surface area (Å²) < 4.78 is 0. The molecule has 1 aromatic heterocycles. The van der Waals surface area contributed by atoms with Crippen LogP contribution in [0, 0.1) is 12.8 Å². The molecule has 0 unspecified atom stereocenters. The molecule has 1 atom stereocenters. The van der Waals surface area contributed by atoms with Crippen LogP contribution in [0.2, 0.25) is 0 Å². The van der Waals surface area contributed by atoms with Gasteiger partial charge in [0.2, 0.25) is 0 Å². The summed E-state index contributed by atoms with van der Waals surface area (Å²) in [6.45, 7) is 4.08. The first-order chi connectivity index (χ1) is 8.15. The van der Waals surface area contributed by atoms with Crippen LogP contribution in [-0.2, 0) is 0 Å². The van der Waals surface area contributed by atoms with E-state index < -0.39 is 0 Å². The molecule has 0 spiro atoms. The van der Waals surface area contributed by atoms with Crippen molar-refractivity contribution in [2.45, 2.75) is 39.5 Å². The lowest BCUT2D eigenvalue weighted by atomic mass is 9.89. The second kappa shape index (κ2) is 5.12. The largest absolute Gasteiger partial charge is 0.291 e. The van der Waals surface area contributed by atoms with E-state index in [0.29, 0.717) is 11.6 Å². The van der Waals surface area contributed by atoms with E-state index >= 15 is 0 Å². The number of amides is 1. The van der Waals surface area contributed by atoms with E-state index in [4.69, 9.17) is 0 Å². The van der Waals surface area contributed by atoms with Gasteiger partial charge in [-0.25, -0.2) is 5.43 Å². The summed E-state index contributed by atoms with van der Waals surface area (Å²) in [5.74, 6) is 0.423. The van der Waals surface area contributed by atoms with Crippen LogP contribution in [0.25, 0.3) is 0 Å². The quantitative estimate of drug-likeness (QED) is 0.768. The number of nitrogens with zero attached hydrogens (tertiary/aromatic N) is 2. The lowest BCUT2D eigenvalue weighted by Crippen LogP contribution is -2.22. The zero-order chi connectivity index (χ0) is 12.3. The van der Waals surface area contributed by atoms with Gasteiger partial charge in [0.05, 0.1) is 0 Å². The number of carbonyl (C=O) groups is 1. The summed E-state index contributed by atoms with van der Waals surface area (Å²) in [6.07, 6.45) is 4.40. The summed E-state index contributed by atoms with van der Waals surface area (Å²) >= 11 is 0. The van der Waals surface area contributed by atoms with Crippen molar-refractivity contribution < 1.29 is 4.79 Å². The molecule has 2 rings (SSSR count). The van der Waals surface area contributed by atoms with E-state index in [2.05, 4.69) is 27.6 Å². The average molecular weight is 234 g/mol. The smallest absolute Gasteiger partial charge is 0.282 e. The Balaban J connectivity index is 1.93. The highest BCUT2D eigenvalue weighted by atomic mass is 16.2. The fraction of sp³-hybridized carbons (Fsp3) is 0.583. The summed E-state index contributed by atoms with van der Waals surface area (Å²) in [5.41, 5.74) is 4.91. The van der Waals surface area contributed by atoms with Gasteiger partial charge in [-0.3, -0.25) is 9.89 Å². The predicted octanol–water partition coefficient (Wildman–Crippen LogP) is 2.01. The van der Waals surface area contributed by atoms with Crippen LogP contribution < -0.4 is 5.43 Å². The number of hydrogen-bond acceptors (Lipinski definition) is 3. The number of nitrogens with one attached hydrogen (secondary N) is 2. The van der Waals surface area contributed by atoms with E-state index in [1.807, 2.05) is 6.92 Å². The molecular formula is C12H18N4O. The third-order valence-electron chi connectivity index (χ3n) is 3.00. The maximum absolute atomic E-state index is 11.7. The maximum atomic E-state index is 11.7. The van der Waals surface area contributed by atoms with Crippen LogP contribution in [0.1, 0.15) is 48.8 Å². The normalized spacial score (nSPS) is 22.7. The lowest BCUT2D eigenvalue weighted by Gasteiger charge is -2.18. The van der Waals surface area contributed by atoms with E-state index in [-0.39, 0.29) is 5.91 Å². The van der Waals surface area contributed by atoms with Gasteiger partial charge in [-0.05, 0) is 44.6 Å². The van der Waals surface area contributed by atoms with Gasteiger partial charge in [0, 0.05) is 11.4 Å². The number of rotatable bonds is 2. The molecule has 0 aromatic carbocycles. The highest BCUT2D eigenvalue weighted by Crippen LogP contribution is 2.20. The molecule has 0 radical (unpaired) electrons. The topological polar surface area (TPSA) is 70.1 Å². The number of H-pyrrole nitrogens is 1. The van der Waals surface area contributed by atoms with Crippen molar-refractivity contribution >= 4 is 11.6 Å². The van der Waals surface area contributed by atoms with Crippen molar-refractivity contribution in [1.82, 2.24) is 15.6 Å². The van der Waals surface area contributed by atoms with Crippen molar-refractivity contribution in [3.63, 3.8) is 0 Å². The van der Waals surface area contributed by atoms with Crippen LogP contribution in [-0.4, -0.2) is 21.8 Å². The van der Waals surface area contributed by atoms with E-state index in [1.54, 1.807) is 6.07 Å². The Kier molecular flexibility index (Phi) is 3.56. The van der Waals surface area contributed by atoms with E-state index in [0.717, 1.165) is 30.7 Å². The van der Waals surface area contributed by atoms with Crippen LogP contribution in [0.3, 0.4) is 0 Å². The second-order valence-corrected chi connectivity index (χ2v) is 4.76. The molecule has 17 heavy (non-hydrogen) atoms. The molecule has 5 nitrogen and oxygen atoms in total. The van der Waals surface area contributed by atoms with Crippen molar-refractivity contribution in [1.29, 1.82) is 0 Å². The lowest BCUT2D eigenvalue weighted by molar-refractivity contribution is 0.0949. The molecule has 92 valence electrons. The zero-order valence-corrected chi connectivity index (χ0v) is 10.3. The summed E-state index contributed by atoms with van der Waals surface area (Å²) in [4.78, 5) is 11.7. The SMILES string of the molecule is Cc1cc(C(=O)N/N=C2\CCC[C@H](C)C2)n[nH]1. The number of aromatic nitrogens is 2. The van der Waals surface area contributed by atoms with Gasteiger partial charge in [0.25, 0.3) is 5.91 Å². The van der Waals surface area contributed by atoms with Crippen LogP contribution in [0.5, 0.6) is 0 Å². The van der Waals surface area contributed by atoms with Crippen LogP contribution in [0.4, 0.5) is 0 Å². The molecule has 1 aliphatic rings. The molecular weight excluding hydrogens is 216 g/mol. The minimum atomic E-state index is -0.250. The molecule has 1 heterocycles. The van der Waals surface area contributed by atoms with Crippen molar-refractivity contribution in [2.75, 3.05) is 0 Å². The Morgan fingerprint density at radius 1 is 1.65 bits per heavy atom. The molecule has 1 fully saturated rings. The zero-order valence-electron chi connectivity index (χ0n) is 10.3. The minimum absolute atomic E-state index is 0.250. The molecule has 1 saturated carbocycles. The Hall–Kier alpha value is -1.65. The standard InChI is InChI=1S/C12H18N4O/c1-8-4-3-5-10(6-8)14-16-12(17)11-7-9(2)13-15-11/h7-8H,3-6H2,1-2H3,(H,13,15)(H,16,17)/b14-10+/t8-/m0/s1. The first-order valence-electron chi connectivity index (χ1n) is 6.03. The molecule has 1 aromatic rings. The van der Waals surface area contributed by atoms with Gasteiger partial charge in [0.1, 0.15) is 0 Å². The third-order valence-corrected chi connectivity index (χ3v) is 3.00. The van der Waals surface area contributed by atoms with Crippen LogP contribution >= 0.6 is 0 Å². The summed E-state index contributed by atoms with van der Waals surface area (Å²) in [5, 5.41) is 10.8. The predicted molar refractivity (Wildman–Crippen MR) is 65.9 cm³/mol. The molecule has 0 saturated heterocycles. The Morgan fingerprint density at radius 2 is 2.47 bits per heavy atom. The highest BCUT2D eigenvalue weighted by Gasteiger charge is 2.15. The van der Waals surface area contributed by atoms with Gasteiger partial charge >= 0.3 is 0 Å². The van der Waals surface area contributed by atoms with Crippen LogP contribution in [0.15, 0.2) is 11.2 Å². The van der Waals surface area contributed by atoms with Gasteiger partial charge in [-0.2, -0.15) is 10.2 Å². The molecule has 2 N–H and O–H groups in total. The number of carbonyl (C=O) groups excluding carboxylic acids is 1. The highest BCUT2D eigenvalue weighted by molar-refractivity contribution is 5.94. The van der Waals surface area contributed by atoms with E-state index in [1.165, 1.54) is 6.42 Å². The minimum Gasteiger partial charge on any atom is -0.282 e. The molecule has 0 aliphatic heterocycles. The first-order valence-corrected chi connectivity index (χ1v) is 6.03. The number of aryl methyl sites for hydroxylation is 1. The third kappa shape index (κ3) is 3.15. The van der Waals surface area contributed by atoms with Crippen molar-refractivity contribution in [2.24, 2.45) is 11.0 Å². The maximum Gasteiger partial charge on any atom is 0.291 e. The fourth-order valence-corrected chi connectivity index (χ4v) is 2.08. The first kappa shape index (κ1) is 11.8. The van der Waals surface area contributed by atoms with Gasteiger partial charge < -0.3 is 0 Å². The van der Waals surface area contributed by atoms with Gasteiger partial charge in [-0.1, -0.05) is 6.92 Å². The monoisotopic (exact) mass is 234 g/mol. The number of hydrazone groups is 1.